The molecule has 0 radical (unpaired) electrons. The van der Waals surface area contributed by atoms with Crippen LogP contribution in [0.2, 0.25) is 5.02 Å². The van der Waals surface area contributed by atoms with E-state index in [4.69, 9.17) is 27.2 Å². The Morgan fingerprint density at radius 3 is 2.75 bits per heavy atom. The second-order valence-electron chi connectivity index (χ2n) is 3.10. The van der Waals surface area contributed by atoms with Gasteiger partial charge in [0.2, 0.25) is 0 Å². The van der Waals surface area contributed by atoms with Crippen LogP contribution < -0.4 is 10.5 Å². The van der Waals surface area contributed by atoms with Crippen LogP contribution in [-0.2, 0) is 0 Å². The Kier molecular flexibility index (Phi) is 4.32. The Balaban J connectivity index is 3.14. The van der Waals surface area contributed by atoms with E-state index in [1.54, 1.807) is 0 Å². The van der Waals surface area contributed by atoms with Crippen LogP contribution in [0.1, 0.15) is 17.3 Å². The molecule has 0 aliphatic carbocycles. The lowest BCUT2D eigenvalue weighted by atomic mass is 10.2. The van der Waals surface area contributed by atoms with Crippen LogP contribution in [0.15, 0.2) is 12.1 Å². The summed E-state index contributed by atoms with van der Waals surface area (Å²) in [5.74, 6) is -0.860. The van der Waals surface area contributed by atoms with E-state index in [1.165, 1.54) is 23.9 Å². The van der Waals surface area contributed by atoms with E-state index in [0.717, 1.165) is 0 Å². The third kappa shape index (κ3) is 2.96. The third-order valence-corrected chi connectivity index (χ3v) is 3.04. The molecule has 0 aliphatic heterocycles. The second kappa shape index (κ2) is 5.32. The van der Waals surface area contributed by atoms with Gasteiger partial charge in [-0.3, -0.25) is 0 Å². The quantitative estimate of drug-likeness (QED) is 0.644. The molecule has 0 fully saturated rings. The molecule has 0 aliphatic rings. The molecular formula is C10H12ClNO3S. The number of ether oxygens (including phenoxy) is 1. The molecule has 0 saturated carbocycles. The summed E-state index contributed by atoms with van der Waals surface area (Å²) >= 11 is 7.21. The third-order valence-electron chi connectivity index (χ3n) is 1.95. The van der Waals surface area contributed by atoms with Crippen molar-refractivity contribution < 1.29 is 14.6 Å². The molecule has 6 heteroatoms. The van der Waals surface area contributed by atoms with Crippen LogP contribution >= 0.6 is 23.4 Å². The van der Waals surface area contributed by atoms with Crippen molar-refractivity contribution in [1.29, 1.82) is 0 Å². The molecule has 1 rings (SSSR count). The highest BCUT2D eigenvalue weighted by molar-refractivity contribution is 7.99. The van der Waals surface area contributed by atoms with E-state index in [0.29, 0.717) is 5.69 Å². The summed E-state index contributed by atoms with van der Waals surface area (Å²) in [6.45, 7) is 1.82. The molecule has 3 N–H and O–H groups in total. The lowest BCUT2D eigenvalue weighted by Crippen LogP contribution is -2.10. The Morgan fingerprint density at radius 1 is 1.62 bits per heavy atom. The molecule has 1 unspecified atom stereocenters. The number of nitrogen functional groups attached to an aromatic ring is 1. The van der Waals surface area contributed by atoms with Gasteiger partial charge in [0.05, 0.1) is 10.7 Å². The molecule has 0 aromatic heterocycles. The second-order valence-corrected chi connectivity index (χ2v) is 4.64. The predicted molar refractivity (Wildman–Crippen MR) is 66.4 cm³/mol. The summed E-state index contributed by atoms with van der Waals surface area (Å²) in [6.07, 6.45) is 1.87. The maximum absolute atomic E-state index is 11.0. The fraction of sp³-hybridized carbons (Fsp3) is 0.300. The van der Waals surface area contributed by atoms with Gasteiger partial charge in [-0.15, -0.1) is 11.8 Å². The minimum atomic E-state index is -1.09. The van der Waals surface area contributed by atoms with Crippen LogP contribution in [0.25, 0.3) is 0 Å². The van der Waals surface area contributed by atoms with E-state index in [-0.39, 0.29) is 21.8 Å². The maximum Gasteiger partial charge on any atom is 0.339 e. The number of benzene rings is 1. The van der Waals surface area contributed by atoms with Gasteiger partial charge in [0.25, 0.3) is 0 Å². The van der Waals surface area contributed by atoms with Crippen molar-refractivity contribution in [2.45, 2.75) is 12.4 Å². The van der Waals surface area contributed by atoms with Gasteiger partial charge in [0.15, 0.2) is 0 Å². The summed E-state index contributed by atoms with van der Waals surface area (Å²) in [5.41, 5.74) is 5.76. The number of carboxylic acids is 1. The van der Waals surface area contributed by atoms with Gasteiger partial charge in [0, 0.05) is 6.07 Å². The zero-order chi connectivity index (χ0) is 12.3. The first-order valence-corrected chi connectivity index (χ1v) is 6.14. The molecule has 1 aromatic carbocycles. The Bertz CT molecular complexity index is 411. The van der Waals surface area contributed by atoms with Gasteiger partial charge in [-0.1, -0.05) is 11.6 Å². The first-order valence-electron chi connectivity index (χ1n) is 4.47. The van der Waals surface area contributed by atoms with E-state index in [1.807, 2.05) is 13.2 Å². The highest BCUT2D eigenvalue weighted by atomic mass is 35.5. The van der Waals surface area contributed by atoms with E-state index >= 15 is 0 Å². The van der Waals surface area contributed by atoms with Gasteiger partial charge < -0.3 is 15.6 Å². The van der Waals surface area contributed by atoms with Gasteiger partial charge in [-0.25, -0.2) is 4.79 Å². The van der Waals surface area contributed by atoms with Gasteiger partial charge in [-0.2, -0.15) is 0 Å². The van der Waals surface area contributed by atoms with Crippen LogP contribution in [-0.4, -0.2) is 22.8 Å². The fourth-order valence-corrected chi connectivity index (χ4v) is 1.42. The maximum atomic E-state index is 11.0. The molecule has 0 heterocycles. The first-order chi connectivity index (χ1) is 7.45. The van der Waals surface area contributed by atoms with Crippen LogP contribution in [0, 0.1) is 0 Å². The number of hydrogen-bond acceptors (Lipinski definition) is 4. The Labute approximate surface area is 103 Å². The summed E-state index contributed by atoms with van der Waals surface area (Å²) in [6, 6.07) is 2.72. The van der Waals surface area contributed by atoms with Crippen molar-refractivity contribution >= 4 is 35.0 Å². The summed E-state index contributed by atoms with van der Waals surface area (Å²) in [5, 5.41) is 9.19. The lowest BCUT2D eigenvalue weighted by molar-refractivity contribution is 0.0692. The molecule has 0 spiro atoms. The van der Waals surface area contributed by atoms with E-state index < -0.39 is 5.97 Å². The molecule has 0 bridgehead atoms. The van der Waals surface area contributed by atoms with Crippen LogP contribution in [0.5, 0.6) is 5.75 Å². The number of carbonyl (C=O) groups is 1. The molecule has 4 nitrogen and oxygen atoms in total. The number of hydrogen-bond donors (Lipinski definition) is 2. The van der Waals surface area contributed by atoms with E-state index in [9.17, 15) is 4.79 Å². The summed E-state index contributed by atoms with van der Waals surface area (Å²) in [7, 11) is 0. The van der Waals surface area contributed by atoms with Gasteiger partial charge in [-0.05, 0) is 19.2 Å². The molecule has 1 aromatic rings. The number of thioether (sulfide) groups is 1. The predicted octanol–water partition coefficient (Wildman–Crippen LogP) is 2.71. The largest absolute Gasteiger partial charge is 0.479 e. The van der Waals surface area contributed by atoms with Crippen molar-refractivity contribution in [1.82, 2.24) is 0 Å². The zero-order valence-corrected chi connectivity index (χ0v) is 10.4. The Hall–Kier alpha value is -1.07. The number of anilines is 1. The van der Waals surface area contributed by atoms with E-state index in [2.05, 4.69) is 0 Å². The van der Waals surface area contributed by atoms with Crippen LogP contribution in [0.3, 0.4) is 0 Å². The number of aromatic carboxylic acids is 1. The van der Waals surface area contributed by atoms with Crippen molar-refractivity contribution in [3.63, 3.8) is 0 Å². The van der Waals surface area contributed by atoms with Crippen molar-refractivity contribution in [2.24, 2.45) is 0 Å². The molecule has 1 atom stereocenters. The highest BCUT2D eigenvalue weighted by Crippen LogP contribution is 2.30. The van der Waals surface area contributed by atoms with Gasteiger partial charge in [0.1, 0.15) is 16.7 Å². The van der Waals surface area contributed by atoms with Gasteiger partial charge >= 0.3 is 5.97 Å². The number of rotatable bonds is 4. The summed E-state index contributed by atoms with van der Waals surface area (Å²) in [4.78, 5) is 11.0. The fourth-order valence-electron chi connectivity index (χ4n) is 1.06. The average Bonchev–Trinajstić information content (AvgIpc) is 2.22. The van der Waals surface area contributed by atoms with Crippen molar-refractivity contribution in [3.8, 4) is 5.75 Å². The molecular weight excluding hydrogens is 250 g/mol. The molecule has 0 saturated heterocycles. The number of halogens is 1. The smallest absolute Gasteiger partial charge is 0.339 e. The molecule has 16 heavy (non-hydrogen) atoms. The standard InChI is InChI=1S/C10H12ClNO3S/c1-5(16-2)15-9-4-8(12)7(11)3-6(9)10(13)14/h3-5H,12H2,1-2H3,(H,13,14). The lowest BCUT2D eigenvalue weighted by Gasteiger charge is -2.15. The topological polar surface area (TPSA) is 72.5 Å². The minimum Gasteiger partial charge on any atom is -0.479 e. The zero-order valence-electron chi connectivity index (χ0n) is 8.86. The monoisotopic (exact) mass is 261 g/mol. The Morgan fingerprint density at radius 2 is 2.25 bits per heavy atom. The SMILES string of the molecule is CSC(C)Oc1cc(N)c(Cl)cc1C(=O)O. The van der Waals surface area contributed by atoms with Crippen molar-refractivity contribution in [2.75, 3.05) is 12.0 Å². The van der Waals surface area contributed by atoms with Crippen LogP contribution in [0.4, 0.5) is 5.69 Å². The minimum absolute atomic E-state index is 0.0140. The molecule has 0 amide bonds. The number of carboxylic acid groups (broad SMARTS) is 1. The molecule has 88 valence electrons. The first kappa shape index (κ1) is 13.0. The summed E-state index contributed by atoms with van der Waals surface area (Å²) < 4.78 is 5.44. The highest BCUT2D eigenvalue weighted by Gasteiger charge is 2.16. The van der Waals surface area contributed by atoms with Crippen molar-refractivity contribution in [3.05, 3.63) is 22.7 Å². The normalized spacial score (nSPS) is 12.2. The average molecular weight is 262 g/mol. The number of nitrogens with two attached hydrogens (primary N) is 1.